The van der Waals surface area contributed by atoms with E-state index >= 15 is 0 Å². The van der Waals surface area contributed by atoms with E-state index in [2.05, 4.69) is 54.0 Å². The summed E-state index contributed by atoms with van der Waals surface area (Å²) in [5.41, 5.74) is 7.30. The van der Waals surface area contributed by atoms with Crippen LogP contribution in [-0.4, -0.2) is 43.2 Å². The highest BCUT2D eigenvalue weighted by atomic mass is 35.5. The van der Waals surface area contributed by atoms with Crippen molar-refractivity contribution in [2.45, 2.75) is 19.4 Å². The Bertz CT molecular complexity index is 340. The van der Waals surface area contributed by atoms with Crippen molar-refractivity contribution in [3.63, 3.8) is 0 Å². The van der Waals surface area contributed by atoms with Gasteiger partial charge in [0.25, 0.3) is 0 Å². The van der Waals surface area contributed by atoms with Gasteiger partial charge in [0.05, 0.1) is 0 Å². The molecule has 2 N–H and O–H groups in total. The number of benzene rings is 1. The lowest BCUT2D eigenvalue weighted by atomic mass is 10.1. The Balaban J connectivity index is 0.00000162. The number of nitrogens with two attached hydrogens (primary N) is 1. The van der Waals surface area contributed by atoms with Crippen LogP contribution in [0.5, 0.6) is 0 Å². The zero-order valence-electron chi connectivity index (χ0n) is 11.3. The lowest BCUT2D eigenvalue weighted by Crippen LogP contribution is -2.53. The maximum Gasteiger partial charge on any atom is 0.0367 e. The molecule has 1 aromatic carbocycles. The monoisotopic (exact) mass is 269 g/mol. The first kappa shape index (κ1) is 15.3. The van der Waals surface area contributed by atoms with Gasteiger partial charge >= 0.3 is 0 Å². The predicted octanol–water partition coefficient (Wildman–Crippen LogP) is 1.97. The minimum absolute atomic E-state index is 0. The van der Waals surface area contributed by atoms with Crippen LogP contribution in [0.4, 0.5) is 5.69 Å². The molecule has 1 heterocycles. The van der Waals surface area contributed by atoms with Crippen LogP contribution in [0.1, 0.15) is 13.8 Å². The molecule has 0 bridgehead atoms. The summed E-state index contributed by atoms with van der Waals surface area (Å²) in [6.07, 6.45) is 0. The van der Waals surface area contributed by atoms with E-state index in [1.54, 1.807) is 0 Å². The van der Waals surface area contributed by atoms with Gasteiger partial charge in [0.1, 0.15) is 0 Å². The molecule has 1 aromatic rings. The number of para-hydroxylation sites is 1. The number of halogens is 1. The summed E-state index contributed by atoms with van der Waals surface area (Å²) >= 11 is 0. The van der Waals surface area contributed by atoms with Gasteiger partial charge in [0, 0.05) is 44.0 Å². The van der Waals surface area contributed by atoms with E-state index in [1.807, 2.05) is 0 Å². The molecule has 1 aliphatic heterocycles. The van der Waals surface area contributed by atoms with E-state index in [-0.39, 0.29) is 17.9 Å². The van der Waals surface area contributed by atoms with Crippen molar-refractivity contribution in [2.24, 2.45) is 5.73 Å². The van der Waals surface area contributed by atoms with E-state index < -0.39 is 0 Å². The molecule has 1 aliphatic rings. The van der Waals surface area contributed by atoms with Crippen LogP contribution < -0.4 is 10.6 Å². The lowest BCUT2D eigenvalue weighted by molar-refractivity contribution is 0.214. The predicted molar refractivity (Wildman–Crippen MR) is 80.6 cm³/mol. The molecular weight excluding hydrogens is 246 g/mol. The topological polar surface area (TPSA) is 32.5 Å². The van der Waals surface area contributed by atoms with Crippen LogP contribution >= 0.6 is 12.4 Å². The van der Waals surface area contributed by atoms with Gasteiger partial charge in [-0.1, -0.05) is 18.2 Å². The maximum atomic E-state index is 6.06. The highest BCUT2D eigenvalue weighted by Gasteiger charge is 2.21. The average Bonchev–Trinajstić information content (AvgIpc) is 2.29. The number of hydrogen-bond acceptors (Lipinski definition) is 3. The van der Waals surface area contributed by atoms with Gasteiger partial charge < -0.3 is 10.6 Å². The van der Waals surface area contributed by atoms with E-state index in [9.17, 15) is 0 Å². The van der Waals surface area contributed by atoms with E-state index in [4.69, 9.17) is 5.73 Å². The quantitative estimate of drug-likeness (QED) is 0.911. The third-order valence-electron chi connectivity index (χ3n) is 3.12. The third-order valence-corrected chi connectivity index (χ3v) is 3.12. The average molecular weight is 270 g/mol. The Kier molecular flexibility index (Phi) is 5.45. The van der Waals surface area contributed by atoms with Gasteiger partial charge in [-0.25, -0.2) is 0 Å². The summed E-state index contributed by atoms with van der Waals surface area (Å²) in [5, 5.41) is 0. The van der Waals surface area contributed by atoms with Crippen molar-refractivity contribution in [1.82, 2.24) is 4.90 Å². The number of anilines is 1. The van der Waals surface area contributed by atoms with Crippen LogP contribution in [0.25, 0.3) is 0 Å². The fourth-order valence-corrected chi connectivity index (χ4v) is 2.38. The van der Waals surface area contributed by atoms with Gasteiger partial charge in [-0.05, 0) is 26.0 Å². The van der Waals surface area contributed by atoms with Crippen molar-refractivity contribution < 1.29 is 0 Å². The van der Waals surface area contributed by atoms with Crippen LogP contribution in [-0.2, 0) is 0 Å². The van der Waals surface area contributed by atoms with E-state index in [1.165, 1.54) is 5.69 Å². The molecule has 0 saturated carbocycles. The van der Waals surface area contributed by atoms with Crippen LogP contribution in [0, 0.1) is 0 Å². The molecule has 18 heavy (non-hydrogen) atoms. The fraction of sp³-hybridized carbons (Fsp3) is 0.571. The first-order valence-corrected chi connectivity index (χ1v) is 6.36. The van der Waals surface area contributed by atoms with Crippen molar-refractivity contribution in [2.75, 3.05) is 37.6 Å². The number of nitrogens with zero attached hydrogens (tertiary/aromatic N) is 2. The molecule has 0 atom stereocenters. The highest BCUT2D eigenvalue weighted by molar-refractivity contribution is 5.85. The molecule has 0 radical (unpaired) electrons. The van der Waals surface area contributed by atoms with Crippen molar-refractivity contribution in [3.05, 3.63) is 30.3 Å². The largest absolute Gasteiger partial charge is 0.369 e. The number of rotatable bonds is 3. The molecule has 0 amide bonds. The Morgan fingerprint density at radius 2 is 1.61 bits per heavy atom. The standard InChI is InChI=1S/C14H23N3.ClH/c1-14(2,15)12-16-8-10-17(11-9-16)13-6-4-3-5-7-13;/h3-7H,8-12,15H2,1-2H3;1H. The molecule has 0 aromatic heterocycles. The second-order valence-corrected chi connectivity index (χ2v) is 5.59. The van der Waals surface area contributed by atoms with Crippen LogP contribution in [0.15, 0.2) is 30.3 Å². The minimum Gasteiger partial charge on any atom is -0.369 e. The molecule has 0 unspecified atom stereocenters. The first-order valence-electron chi connectivity index (χ1n) is 6.36. The summed E-state index contributed by atoms with van der Waals surface area (Å²) in [6, 6.07) is 10.6. The molecule has 3 nitrogen and oxygen atoms in total. The SMILES string of the molecule is CC(C)(N)CN1CCN(c2ccccc2)CC1.Cl. The molecule has 0 spiro atoms. The van der Waals surface area contributed by atoms with Gasteiger partial charge in [0.15, 0.2) is 0 Å². The number of piperazine rings is 1. The Morgan fingerprint density at radius 1 is 1.06 bits per heavy atom. The normalized spacial score (nSPS) is 17.4. The Morgan fingerprint density at radius 3 is 2.11 bits per heavy atom. The van der Waals surface area contributed by atoms with Gasteiger partial charge in [-0.2, -0.15) is 0 Å². The molecule has 1 saturated heterocycles. The fourth-order valence-electron chi connectivity index (χ4n) is 2.38. The van der Waals surface area contributed by atoms with Gasteiger partial charge in [-0.3, -0.25) is 4.90 Å². The summed E-state index contributed by atoms with van der Waals surface area (Å²) in [4.78, 5) is 4.90. The Hall–Kier alpha value is -0.770. The zero-order valence-corrected chi connectivity index (χ0v) is 12.1. The Labute approximate surface area is 116 Å². The second kappa shape index (κ2) is 6.41. The summed E-state index contributed by atoms with van der Waals surface area (Å²) in [5.74, 6) is 0. The van der Waals surface area contributed by atoms with Crippen molar-refractivity contribution >= 4 is 18.1 Å². The van der Waals surface area contributed by atoms with Crippen LogP contribution in [0.3, 0.4) is 0 Å². The van der Waals surface area contributed by atoms with Gasteiger partial charge in [-0.15, -0.1) is 12.4 Å². The maximum absolute atomic E-state index is 6.06. The highest BCUT2D eigenvalue weighted by Crippen LogP contribution is 2.16. The first-order chi connectivity index (χ1) is 8.04. The minimum atomic E-state index is -0.0884. The molecular formula is C14H24ClN3. The second-order valence-electron chi connectivity index (χ2n) is 5.59. The molecule has 102 valence electrons. The molecule has 0 aliphatic carbocycles. The third kappa shape index (κ3) is 4.48. The molecule has 4 heteroatoms. The zero-order chi connectivity index (χ0) is 12.3. The van der Waals surface area contributed by atoms with Crippen molar-refractivity contribution in [1.29, 1.82) is 0 Å². The van der Waals surface area contributed by atoms with Gasteiger partial charge in [0.2, 0.25) is 0 Å². The van der Waals surface area contributed by atoms with Crippen LogP contribution in [0.2, 0.25) is 0 Å². The number of hydrogen-bond donors (Lipinski definition) is 1. The summed E-state index contributed by atoms with van der Waals surface area (Å²) in [7, 11) is 0. The summed E-state index contributed by atoms with van der Waals surface area (Å²) < 4.78 is 0. The molecule has 2 rings (SSSR count). The smallest absolute Gasteiger partial charge is 0.0367 e. The van der Waals surface area contributed by atoms with E-state index in [0.717, 1.165) is 32.7 Å². The summed E-state index contributed by atoms with van der Waals surface area (Å²) in [6.45, 7) is 9.58. The van der Waals surface area contributed by atoms with E-state index in [0.29, 0.717) is 0 Å². The molecule has 1 fully saturated rings. The lowest BCUT2D eigenvalue weighted by Gasteiger charge is -2.38. The van der Waals surface area contributed by atoms with Crippen molar-refractivity contribution in [3.8, 4) is 0 Å².